The maximum atomic E-state index is 10.3. The van der Waals surface area contributed by atoms with Crippen molar-refractivity contribution in [3.63, 3.8) is 0 Å². The van der Waals surface area contributed by atoms with Crippen LogP contribution in [0.15, 0.2) is 42.0 Å². The number of allylic oxidation sites excluding steroid dienone is 1. The third-order valence-corrected chi connectivity index (χ3v) is 2.02. The summed E-state index contributed by atoms with van der Waals surface area (Å²) in [4.78, 5) is 10.3. The van der Waals surface area contributed by atoms with Crippen molar-refractivity contribution in [2.24, 2.45) is 0 Å². The third-order valence-electron chi connectivity index (χ3n) is 2.02. The summed E-state index contributed by atoms with van der Waals surface area (Å²) in [6.45, 7) is 1.84. The maximum absolute atomic E-state index is 10.3. The molecule has 0 saturated carbocycles. The summed E-state index contributed by atoms with van der Waals surface area (Å²) in [7, 11) is 0. The number of rotatable bonds is 4. The van der Waals surface area contributed by atoms with E-state index in [1.165, 1.54) is 11.6 Å². The molecule has 2 nitrogen and oxygen atoms in total. The molecule has 0 fully saturated rings. The van der Waals surface area contributed by atoms with Gasteiger partial charge >= 0.3 is 5.97 Å². The lowest BCUT2D eigenvalue weighted by Gasteiger charge is -2.00. The molecule has 0 atom stereocenters. The molecule has 0 amide bonds. The van der Waals surface area contributed by atoms with Gasteiger partial charge in [0.1, 0.15) is 0 Å². The van der Waals surface area contributed by atoms with Crippen LogP contribution in [0.1, 0.15) is 18.9 Å². The normalized spacial score (nSPS) is 11.4. The number of carbonyl (C=O) groups is 1. The van der Waals surface area contributed by atoms with Crippen molar-refractivity contribution in [1.82, 2.24) is 0 Å². The minimum Gasteiger partial charge on any atom is -0.478 e. The molecule has 1 aromatic carbocycles. The fourth-order valence-corrected chi connectivity index (χ4v) is 1.27. The quantitative estimate of drug-likeness (QED) is 0.741. The molecule has 0 unspecified atom stereocenters. The van der Waals surface area contributed by atoms with Crippen molar-refractivity contribution in [1.29, 1.82) is 0 Å². The fourth-order valence-electron chi connectivity index (χ4n) is 1.27. The second-order valence-corrected chi connectivity index (χ2v) is 3.31. The van der Waals surface area contributed by atoms with E-state index in [0.29, 0.717) is 0 Å². The van der Waals surface area contributed by atoms with Crippen molar-refractivity contribution in [3.05, 3.63) is 47.5 Å². The van der Waals surface area contributed by atoms with Crippen molar-refractivity contribution >= 4 is 5.97 Å². The summed E-state index contributed by atoms with van der Waals surface area (Å²) < 4.78 is 0. The topological polar surface area (TPSA) is 37.3 Å². The number of carboxylic acids is 1. The monoisotopic (exact) mass is 190 g/mol. The molecular weight excluding hydrogens is 176 g/mol. The average Bonchev–Trinajstić information content (AvgIpc) is 2.15. The second-order valence-electron chi connectivity index (χ2n) is 3.31. The SMILES string of the molecule is C/C(=C/C(=O)O)CCc1ccccc1. The number of hydrogen-bond acceptors (Lipinski definition) is 1. The molecule has 0 bridgehead atoms. The van der Waals surface area contributed by atoms with Crippen LogP contribution in [0.3, 0.4) is 0 Å². The largest absolute Gasteiger partial charge is 0.478 e. The highest BCUT2D eigenvalue weighted by molar-refractivity contribution is 5.80. The summed E-state index contributed by atoms with van der Waals surface area (Å²) in [5, 5.41) is 8.50. The summed E-state index contributed by atoms with van der Waals surface area (Å²) in [5.74, 6) is -0.865. The Morgan fingerprint density at radius 2 is 2.00 bits per heavy atom. The van der Waals surface area contributed by atoms with Gasteiger partial charge in [-0.3, -0.25) is 0 Å². The lowest BCUT2D eigenvalue weighted by molar-refractivity contribution is -0.131. The van der Waals surface area contributed by atoms with Gasteiger partial charge < -0.3 is 5.11 Å². The molecule has 74 valence electrons. The summed E-state index contributed by atoms with van der Waals surface area (Å²) in [5.41, 5.74) is 2.15. The number of hydrogen-bond donors (Lipinski definition) is 1. The van der Waals surface area contributed by atoms with Crippen LogP contribution in [-0.4, -0.2) is 11.1 Å². The zero-order valence-corrected chi connectivity index (χ0v) is 8.23. The molecule has 1 aromatic rings. The molecule has 0 saturated heterocycles. The van der Waals surface area contributed by atoms with Gasteiger partial charge in [-0.1, -0.05) is 35.9 Å². The van der Waals surface area contributed by atoms with Crippen LogP contribution < -0.4 is 0 Å². The Bertz CT molecular complexity index is 325. The Kier molecular flexibility index (Phi) is 3.92. The van der Waals surface area contributed by atoms with Crippen molar-refractivity contribution in [2.45, 2.75) is 19.8 Å². The van der Waals surface area contributed by atoms with Crippen molar-refractivity contribution in [3.8, 4) is 0 Å². The van der Waals surface area contributed by atoms with E-state index < -0.39 is 5.97 Å². The summed E-state index contributed by atoms with van der Waals surface area (Å²) in [6, 6.07) is 10.1. The van der Waals surface area contributed by atoms with Gasteiger partial charge in [0.25, 0.3) is 0 Å². The van der Waals surface area contributed by atoms with Crippen LogP contribution in [0.5, 0.6) is 0 Å². The van der Waals surface area contributed by atoms with Gasteiger partial charge in [-0.25, -0.2) is 4.79 Å². The maximum Gasteiger partial charge on any atom is 0.328 e. The highest BCUT2D eigenvalue weighted by Crippen LogP contribution is 2.08. The number of benzene rings is 1. The van der Waals surface area contributed by atoms with E-state index in [0.717, 1.165) is 18.4 Å². The molecule has 2 heteroatoms. The zero-order valence-electron chi connectivity index (χ0n) is 8.23. The molecule has 0 aliphatic carbocycles. The van der Waals surface area contributed by atoms with E-state index >= 15 is 0 Å². The van der Waals surface area contributed by atoms with E-state index in [4.69, 9.17) is 5.11 Å². The Labute approximate surface area is 83.9 Å². The van der Waals surface area contributed by atoms with E-state index in [1.54, 1.807) is 0 Å². The predicted molar refractivity (Wildman–Crippen MR) is 56.2 cm³/mol. The Hall–Kier alpha value is -1.57. The van der Waals surface area contributed by atoms with E-state index in [2.05, 4.69) is 0 Å². The standard InChI is InChI=1S/C12H14O2/c1-10(9-12(13)14)7-8-11-5-3-2-4-6-11/h2-6,9H,7-8H2,1H3,(H,13,14)/b10-9-. The van der Waals surface area contributed by atoms with Gasteiger partial charge in [-0.05, 0) is 25.3 Å². The molecular formula is C12H14O2. The highest BCUT2D eigenvalue weighted by atomic mass is 16.4. The lowest BCUT2D eigenvalue weighted by Crippen LogP contribution is -1.92. The first-order valence-electron chi connectivity index (χ1n) is 4.62. The second kappa shape index (κ2) is 5.22. The summed E-state index contributed by atoms with van der Waals surface area (Å²) >= 11 is 0. The first-order chi connectivity index (χ1) is 6.68. The molecule has 0 radical (unpaired) electrons. The third kappa shape index (κ3) is 3.90. The molecule has 0 heterocycles. The minimum absolute atomic E-state index is 0.802. The average molecular weight is 190 g/mol. The highest BCUT2D eigenvalue weighted by Gasteiger charge is 1.96. The van der Waals surface area contributed by atoms with Crippen LogP contribution >= 0.6 is 0 Å². The van der Waals surface area contributed by atoms with Crippen molar-refractivity contribution in [2.75, 3.05) is 0 Å². The van der Waals surface area contributed by atoms with Crippen LogP contribution in [0, 0.1) is 0 Å². The smallest absolute Gasteiger partial charge is 0.328 e. The van der Waals surface area contributed by atoms with Gasteiger partial charge in [0, 0.05) is 6.08 Å². The summed E-state index contributed by atoms with van der Waals surface area (Å²) in [6.07, 6.45) is 2.97. The molecule has 1 rings (SSSR count). The Balaban J connectivity index is 2.45. The molecule has 0 aromatic heterocycles. The number of carboxylic acid groups (broad SMARTS) is 1. The van der Waals surface area contributed by atoms with Gasteiger partial charge in [0.05, 0.1) is 0 Å². The van der Waals surface area contributed by atoms with Gasteiger partial charge in [0.15, 0.2) is 0 Å². The van der Waals surface area contributed by atoms with Crippen LogP contribution in [0.25, 0.3) is 0 Å². The number of aliphatic carboxylic acids is 1. The first kappa shape index (κ1) is 10.5. The van der Waals surface area contributed by atoms with Gasteiger partial charge in [-0.2, -0.15) is 0 Å². The Morgan fingerprint density at radius 1 is 1.36 bits per heavy atom. The minimum atomic E-state index is -0.865. The van der Waals surface area contributed by atoms with E-state index in [9.17, 15) is 4.79 Å². The Morgan fingerprint density at radius 3 is 2.57 bits per heavy atom. The first-order valence-corrected chi connectivity index (χ1v) is 4.62. The molecule has 1 N–H and O–H groups in total. The molecule has 0 aliphatic rings. The van der Waals surface area contributed by atoms with Gasteiger partial charge in [-0.15, -0.1) is 0 Å². The fraction of sp³-hybridized carbons (Fsp3) is 0.250. The molecule has 0 spiro atoms. The van der Waals surface area contributed by atoms with Crippen LogP contribution in [-0.2, 0) is 11.2 Å². The molecule has 0 aliphatic heterocycles. The van der Waals surface area contributed by atoms with E-state index in [1.807, 2.05) is 37.3 Å². The number of aryl methyl sites for hydroxylation is 1. The van der Waals surface area contributed by atoms with Gasteiger partial charge in [0.2, 0.25) is 0 Å². The van der Waals surface area contributed by atoms with E-state index in [-0.39, 0.29) is 0 Å². The van der Waals surface area contributed by atoms with Crippen LogP contribution in [0.4, 0.5) is 0 Å². The zero-order chi connectivity index (χ0) is 10.4. The lowest BCUT2D eigenvalue weighted by atomic mass is 10.1. The van der Waals surface area contributed by atoms with Crippen molar-refractivity contribution < 1.29 is 9.90 Å². The predicted octanol–water partition coefficient (Wildman–Crippen LogP) is 2.65. The molecule has 14 heavy (non-hydrogen) atoms. The van der Waals surface area contributed by atoms with Crippen LogP contribution in [0.2, 0.25) is 0 Å².